The van der Waals surface area contributed by atoms with Gasteiger partial charge in [-0.25, -0.2) is 0 Å². The molecule has 1 aromatic heterocycles. The van der Waals surface area contributed by atoms with Gasteiger partial charge in [0.1, 0.15) is 6.61 Å². The molecule has 0 bridgehead atoms. The summed E-state index contributed by atoms with van der Waals surface area (Å²) in [5, 5.41) is 1.97. The Balaban J connectivity index is 2.00. The maximum absolute atomic E-state index is 12.0. The molecule has 0 spiro atoms. The van der Waals surface area contributed by atoms with E-state index in [9.17, 15) is 9.59 Å². The molecule has 2 rings (SSSR count). The minimum absolute atomic E-state index is 0.107. The van der Waals surface area contributed by atoms with E-state index in [1.165, 1.54) is 6.92 Å². The van der Waals surface area contributed by atoms with Crippen LogP contribution in [0.3, 0.4) is 0 Å². The topological polar surface area (TPSA) is 65.0 Å². The summed E-state index contributed by atoms with van der Waals surface area (Å²) >= 11 is 1.58. The van der Waals surface area contributed by atoms with Gasteiger partial charge in [0.25, 0.3) is 5.91 Å². The Morgan fingerprint density at radius 1 is 1.52 bits per heavy atom. The van der Waals surface area contributed by atoms with Crippen LogP contribution < -0.4 is 0 Å². The van der Waals surface area contributed by atoms with Crippen molar-refractivity contribution in [2.75, 3.05) is 6.61 Å². The van der Waals surface area contributed by atoms with E-state index in [0.717, 1.165) is 4.88 Å². The van der Waals surface area contributed by atoms with Crippen molar-refractivity contribution in [1.29, 1.82) is 0 Å². The van der Waals surface area contributed by atoms with Crippen molar-refractivity contribution in [1.82, 2.24) is 0 Å². The molecule has 1 unspecified atom stereocenters. The Labute approximate surface area is 127 Å². The van der Waals surface area contributed by atoms with E-state index in [4.69, 9.17) is 9.47 Å². The number of nitrogens with zero attached hydrogens (tertiary/aromatic N) is 1. The third-order valence-electron chi connectivity index (χ3n) is 2.97. The molecule has 0 saturated carbocycles. The molecule has 0 aromatic carbocycles. The van der Waals surface area contributed by atoms with Crippen LogP contribution in [0.15, 0.2) is 28.6 Å². The molecule has 1 amide bonds. The van der Waals surface area contributed by atoms with Crippen molar-refractivity contribution in [3.8, 4) is 0 Å². The van der Waals surface area contributed by atoms with Crippen molar-refractivity contribution in [3.05, 3.63) is 28.5 Å². The summed E-state index contributed by atoms with van der Waals surface area (Å²) in [6.45, 7) is 5.05. The number of esters is 1. The number of aliphatic imine (C=N–C) groups is 1. The van der Waals surface area contributed by atoms with Crippen molar-refractivity contribution in [3.63, 3.8) is 0 Å². The monoisotopic (exact) mass is 307 g/mol. The fourth-order valence-corrected chi connectivity index (χ4v) is 2.46. The molecule has 1 aliphatic rings. The minimum Gasteiger partial charge on any atom is -0.465 e. The summed E-state index contributed by atoms with van der Waals surface area (Å²) in [6, 6.07) is 3.90. The molecule has 112 valence electrons. The van der Waals surface area contributed by atoms with E-state index >= 15 is 0 Å². The Bertz CT molecular complexity index is 587. The molecule has 1 atom stereocenters. The first kappa shape index (κ1) is 15.4. The summed E-state index contributed by atoms with van der Waals surface area (Å²) in [7, 11) is 0. The van der Waals surface area contributed by atoms with Gasteiger partial charge in [0.05, 0.1) is 0 Å². The van der Waals surface area contributed by atoms with Crippen molar-refractivity contribution in [2.45, 2.75) is 26.9 Å². The second-order valence-corrected chi connectivity index (χ2v) is 6.38. The highest BCUT2D eigenvalue weighted by atomic mass is 32.1. The highest BCUT2D eigenvalue weighted by Crippen LogP contribution is 2.29. The first-order valence-corrected chi connectivity index (χ1v) is 7.40. The third kappa shape index (κ3) is 4.01. The lowest BCUT2D eigenvalue weighted by atomic mass is 9.87. The smallest absolute Gasteiger partial charge is 0.302 e. The van der Waals surface area contributed by atoms with E-state index in [1.54, 1.807) is 31.3 Å². The van der Waals surface area contributed by atoms with Crippen molar-refractivity contribution in [2.24, 2.45) is 10.4 Å². The fourth-order valence-electron chi connectivity index (χ4n) is 1.84. The Hall–Kier alpha value is -1.95. The van der Waals surface area contributed by atoms with Crippen molar-refractivity contribution >= 4 is 35.2 Å². The van der Waals surface area contributed by atoms with E-state index in [-0.39, 0.29) is 24.4 Å². The second kappa shape index (κ2) is 6.22. The summed E-state index contributed by atoms with van der Waals surface area (Å²) in [5.74, 6) is -0.445. The zero-order valence-electron chi connectivity index (χ0n) is 12.2. The first-order valence-electron chi connectivity index (χ1n) is 6.52. The predicted octanol–water partition coefficient (Wildman–Crippen LogP) is 2.67. The minimum atomic E-state index is -0.736. The predicted molar refractivity (Wildman–Crippen MR) is 81.1 cm³/mol. The van der Waals surface area contributed by atoms with Crippen LogP contribution >= 0.6 is 11.3 Å². The Morgan fingerprint density at radius 2 is 2.29 bits per heavy atom. The normalized spacial score (nSPS) is 18.7. The molecular weight excluding hydrogens is 290 g/mol. The fraction of sp³-hybridized carbons (Fsp3) is 0.400. The van der Waals surface area contributed by atoms with Gasteiger partial charge in [0.15, 0.2) is 6.10 Å². The van der Waals surface area contributed by atoms with Gasteiger partial charge in [-0.2, -0.15) is 4.99 Å². The number of rotatable bonds is 5. The largest absolute Gasteiger partial charge is 0.465 e. The molecular formula is C15H17NO4S. The second-order valence-electron chi connectivity index (χ2n) is 5.40. The van der Waals surface area contributed by atoms with Crippen LogP contribution in [-0.2, 0) is 19.1 Å². The zero-order valence-corrected chi connectivity index (χ0v) is 13.0. The van der Waals surface area contributed by atoms with Crippen LogP contribution in [0.25, 0.3) is 6.08 Å². The van der Waals surface area contributed by atoms with E-state index < -0.39 is 11.5 Å². The van der Waals surface area contributed by atoms with Gasteiger partial charge in [-0.05, 0) is 17.5 Å². The molecule has 1 aromatic rings. The SMILES string of the molecule is CC(=O)OCC(C)(C)C1OC(/C=C\c2cccs2)=NC1=O. The van der Waals surface area contributed by atoms with E-state index in [2.05, 4.69) is 4.99 Å². The van der Waals surface area contributed by atoms with E-state index in [0.29, 0.717) is 0 Å². The molecule has 0 fully saturated rings. The average Bonchev–Trinajstić information content (AvgIpc) is 3.03. The van der Waals surface area contributed by atoms with Crippen LogP contribution in [0.5, 0.6) is 0 Å². The van der Waals surface area contributed by atoms with Crippen LogP contribution in [0.4, 0.5) is 0 Å². The van der Waals surface area contributed by atoms with Crippen LogP contribution in [0.2, 0.25) is 0 Å². The molecule has 6 heteroatoms. The lowest BCUT2D eigenvalue weighted by Gasteiger charge is -2.28. The van der Waals surface area contributed by atoms with Crippen LogP contribution in [-0.4, -0.2) is 30.5 Å². The highest BCUT2D eigenvalue weighted by molar-refractivity contribution is 7.10. The quantitative estimate of drug-likeness (QED) is 0.785. The van der Waals surface area contributed by atoms with Gasteiger partial charge >= 0.3 is 5.97 Å². The number of carbonyl (C=O) groups excluding carboxylic acids is 2. The first-order chi connectivity index (χ1) is 9.88. The zero-order chi connectivity index (χ0) is 15.5. The van der Waals surface area contributed by atoms with Crippen LogP contribution in [0, 0.1) is 5.41 Å². The summed E-state index contributed by atoms with van der Waals surface area (Å²) in [4.78, 5) is 27.8. The summed E-state index contributed by atoms with van der Waals surface area (Å²) in [6.07, 6.45) is 2.78. The standard InChI is InChI=1S/C15H17NO4S/c1-10(17)19-9-15(2,3)13-14(18)16-12(20-13)7-6-11-5-4-8-21-11/h4-8,13H,9H2,1-3H3/b7-6-. The summed E-state index contributed by atoms with van der Waals surface area (Å²) in [5.41, 5.74) is -0.634. The maximum atomic E-state index is 12.0. The number of amides is 1. The molecule has 0 radical (unpaired) electrons. The van der Waals surface area contributed by atoms with Gasteiger partial charge in [-0.15, -0.1) is 11.3 Å². The summed E-state index contributed by atoms with van der Waals surface area (Å²) < 4.78 is 10.6. The number of ether oxygens (including phenoxy) is 2. The molecule has 5 nitrogen and oxygen atoms in total. The maximum Gasteiger partial charge on any atom is 0.302 e. The molecule has 0 N–H and O–H groups in total. The third-order valence-corrected chi connectivity index (χ3v) is 3.81. The number of hydrogen-bond acceptors (Lipinski definition) is 5. The lowest BCUT2D eigenvalue weighted by Crippen LogP contribution is -2.39. The van der Waals surface area contributed by atoms with Gasteiger partial charge < -0.3 is 9.47 Å². The molecule has 2 heterocycles. The van der Waals surface area contributed by atoms with Crippen LogP contribution in [0.1, 0.15) is 25.6 Å². The van der Waals surface area contributed by atoms with Gasteiger partial charge in [-0.3, -0.25) is 9.59 Å². The van der Waals surface area contributed by atoms with Gasteiger partial charge in [0.2, 0.25) is 5.90 Å². The number of carbonyl (C=O) groups is 2. The molecule has 0 saturated heterocycles. The number of hydrogen-bond donors (Lipinski definition) is 0. The Morgan fingerprint density at radius 3 is 2.90 bits per heavy atom. The average molecular weight is 307 g/mol. The Kier molecular flexibility index (Phi) is 4.57. The number of thiophene rings is 1. The molecule has 0 aliphatic carbocycles. The molecule has 21 heavy (non-hydrogen) atoms. The highest BCUT2D eigenvalue weighted by Gasteiger charge is 2.42. The molecule has 1 aliphatic heterocycles. The van der Waals surface area contributed by atoms with E-state index in [1.807, 2.05) is 23.6 Å². The lowest BCUT2D eigenvalue weighted by molar-refractivity contribution is -0.148. The van der Waals surface area contributed by atoms with Gasteiger partial charge in [-0.1, -0.05) is 19.9 Å². The van der Waals surface area contributed by atoms with Crippen molar-refractivity contribution < 1.29 is 19.1 Å². The van der Waals surface area contributed by atoms with Gasteiger partial charge in [0, 0.05) is 23.3 Å².